The average molecular weight is 268 g/mol. The van der Waals surface area contributed by atoms with Crippen LogP contribution >= 0.6 is 12.6 Å². The lowest BCUT2D eigenvalue weighted by atomic mass is 10.2. The summed E-state index contributed by atoms with van der Waals surface area (Å²) < 4.78 is 22.6. The second kappa shape index (κ2) is 4.54. The van der Waals surface area contributed by atoms with Crippen LogP contribution in [-0.2, 0) is 15.6 Å². The van der Waals surface area contributed by atoms with Gasteiger partial charge in [-0.15, -0.1) is 0 Å². The molecule has 17 heavy (non-hydrogen) atoms. The summed E-state index contributed by atoms with van der Waals surface area (Å²) in [6.45, 7) is 0. The Kier molecular flexibility index (Phi) is 3.26. The molecule has 2 aromatic rings. The number of hydrogen-bond acceptors (Lipinski definition) is 4. The minimum absolute atomic E-state index is 0.315. The molecular weight excluding hydrogens is 256 g/mol. The Morgan fingerprint density at radius 3 is 2.41 bits per heavy atom. The normalized spacial score (nSPS) is 11.6. The van der Waals surface area contributed by atoms with Gasteiger partial charge in [-0.2, -0.15) is 12.6 Å². The van der Waals surface area contributed by atoms with Crippen molar-refractivity contribution in [1.29, 1.82) is 0 Å². The van der Waals surface area contributed by atoms with E-state index >= 15 is 0 Å². The maximum Gasteiger partial charge on any atom is 0.175 e. The maximum absolute atomic E-state index is 11.3. The van der Waals surface area contributed by atoms with Crippen molar-refractivity contribution in [3.63, 3.8) is 0 Å². The van der Waals surface area contributed by atoms with Crippen LogP contribution in [-0.4, -0.2) is 24.6 Å². The summed E-state index contributed by atoms with van der Waals surface area (Å²) in [5, 5.41) is 0. The van der Waals surface area contributed by atoms with Gasteiger partial charge in [0.05, 0.1) is 16.8 Å². The van der Waals surface area contributed by atoms with Crippen LogP contribution in [0.2, 0.25) is 0 Å². The van der Waals surface area contributed by atoms with Gasteiger partial charge in [-0.3, -0.25) is 0 Å². The molecule has 0 saturated carbocycles. The largest absolute Gasteiger partial charge is 0.341 e. The number of H-pyrrole nitrogens is 1. The average Bonchev–Trinajstić information content (AvgIpc) is 2.76. The quantitative estimate of drug-likeness (QED) is 0.836. The Bertz CT molecular complexity index is 615. The number of aromatic nitrogens is 2. The fraction of sp³-hybridized carbons (Fsp3) is 0.182. The molecule has 0 radical (unpaired) electrons. The van der Waals surface area contributed by atoms with Crippen LogP contribution in [0.5, 0.6) is 0 Å². The van der Waals surface area contributed by atoms with Gasteiger partial charge in [-0.25, -0.2) is 13.4 Å². The molecule has 0 saturated heterocycles. The number of imidazole rings is 1. The molecule has 0 atom stereocenters. The van der Waals surface area contributed by atoms with Crippen LogP contribution in [0.15, 0.2) is 35.4 Å². The summed E-state index contributed by atoms with van der Waals surface area (Å²) >= 11 is 4.12. The van der Waals surface area contributed by atoms with Crippen molar-refractivity contribution in [2.75, 3.05) is 6.26 Å². The number of rotatable bonds is 3. The van der Waals surface area contributed by atoms with Gasteiger partial charge < -0.3 is 4.98 Å². The van der Waals surface area contributed by atoms with Crippen LogP contribution < -0.4 is 0 Å². The summed E-state index contributed by atoms with van der Waals surface area (Å²) in [6, 6.07) is 6.69. The monoisotopic (exact) mass is 268 g/mol. The Morgan fingerprint density at radius 1 is 1.29 bits per heavy atom. The molecule has 2 rings (SSSR count). The van der Waals surface area contributed by atoms with Gasteiger partial charge >= 0.3 is 0 Å². The first-order valence-electron chi connectivity index (χ1n) is 4.96. The van der Waals surface area contributed by atoms with Gasteiger partial charge in [-0.1, -0.05) is 12.1 Å². The fourth-order valence-electron chi connectivity index (χ4n) is 1.47. The van der Waals surface area contributed by atoms with E-state index in [-0.39, 0.29) is 0 Å². The molecule has 0 amide bonds. The number of thiol groups is 1. The lowest BCUT2D eigenvalue weighted by Gasteiger charge is -2.00. The molecule has 4 nitrogen and oxygen atoms in total. The first-order valence-corrected chi connectivity index (χ1v) is 7.48. The minimum atomic E-state index is -3.14. The second-order valence-corrected chi connectivity index (χ2v) is 6.03. The van der Waals surface area contributed by atoms with Gasteiger partial charge in [-0.05, 0) is 17.7 Å². The van der Waals surface area contributed by atoms with Gasteiger partial charge in [0.1, 0.15) is 5.82 Å². The highest BCUT2D eigenvalue weighted by atomic mass is 32.2. The van der Waals surface area contributed by atoms with E-state index in [0.29, 0.717) is 10.6 Å². The fourth-order valence-corrected chi connectivity index (χ4v) is 2.26. The topological polar surface area (TPSA) is 62.8 Å². The SMILES string of the molecule is CS(=O)(=O)c1ccc(-c2cnc(CS)[nH]2)cc1. The third-order valence-electron chi connectivity index (χ3n) is 2.37. The van der Waals surface area contributed by atoms with Crippen molar-refractivity contribution in [2.45, 2.75) is 10.6 Å². The first kappa shape index (κ1) is 12.2. The summed E-state index contributed by atoms with van der Waals surface area (Å²) in [4.78, 5) is 7.55. The molecule has 0 aliphatic rings. The van der Waals surface area contributed by atoms with Crippen molar-refractivity contribution >= 4 is 22.5 Å². The van der Waals surface area contributed by atoms with E-state index in [1.54, 1.807) is 30.5 Å². The van der Waals surface area contributed by atoms with E-state index in [0.717, 1.165) is 17.1 Å². The highest BCUT2D eigenvalue weighted by Gasteiger charge is 2.07. The molecule has 0 fully saturated rings. The lowest BCUT2D eigenvalue weighted by Crippen LogP contribution is -1.96. The summed E-state index contributed by atoms with van der Waals surface area (Å²) in [7, 11) is -3.14. The molecule has 6 heteroatoms. The van der Waals surface area contributed by atoms with Crippen molar-refractivity contribution in [3.8, 4) is 11.3 Å². The Hall–Kier alpha value is -1.27. The Labute approximate surface area is 105 Å². The van der Waals surface area contributed by atoms with E-state index in [4.69, 9.17) is 0 Å². The van der Waals surface area contributed by atoms with Crippen LogP contribution in [0.1, 0.15) is 5.82 Å². The van der Waals surface area contributed by atoms with Gasteiger partial charge in [0.2, 0.25) is 0 Å². The third-order valence-corrected chi connectivity index (χ3v) is 3.80. The van der Waals surface area contributed by atoms with E-state index in [2.05, 4.69) is 22.6 Å². The van der Waals surface area contributed by atoms with Crippen molar-refractivity contribution in [3.05, 3.63) is 36.3 Å². The Morgan fingerprint density at radius 2 is 1.94 bits per heavy atom. The van der Waals surface area contributed by atoms with Crippen LogP contribution in [0, 0.1) is 0 Å². The van der Waals surface area contributed by atoms with E-state index in [9.17, 15) is 8.42 Å². The lowest BCUT2D eigenvalue weighted by molar-refractivity contribution is 0.602. The molecule has 1 aromatic carbocycles. The molecular formula is C11H12N2O2S2. The molecule has 0 bridgehead atoms. The highest BCUT2D eigenvalue weighted by molar-refractivity contribution is 7.90. The number of hydrogen-bond donors (Lipinski definition) is 2. The zero-order valence-electron chi connectivity index (χ0n) is 9.21. The molecule has 1 N–H and O–H groups in total. The van der Waals surface area contributed by atoms with Gasteiger partial charge in [0, 0.05) is 12.0 Å². The highest BCUT2D eigenvalue weighted by Crippen LogP contribution is 2.19. The van der Waals surface area contributed by atoms with Gasteiger partial charge in [0.15, 0.2) is 9.84 Å². The third kappa shape index (κ3) is 2.70. The summed E-state index contributed by atoms with van der Waals surface area (Å²) in [5.74, 6) is 1.33. The first-order chi connectivity index (χ1) is 8.00. The predicted molar refractivity (Wildman–Crippen MR) is 69.8 cm³/mol. The molecule has 1 heterocycles. The van der Waals surface area contributed by atoms with Crippen molar-refractivity contribution in [1.82, 2.24) is 9.97 Å². The van der Waals surface area contributed by atoms with Gasteiger partial charge in [0.25, 0.3) is 0 Å². The number of aromatic amines is 1. The van der Waals surface area contributed by atoms with Crippen LogP contribution in [0.4, 0.5) is 0 Å². The van der Waals surface area contributed by atoms with Crippen molar-refractivity contribution < 1.29 is 8.42 Å². The molecule has 90 valence electrons. The van der Waals surface area contributed by atoms with Crippen LogP contribution in [0.3, 0.4) is 0 Å². The molecule has 0 aliphatic carbocycles. The molecule has 1 aromatic heterocycles. The van der Waals surface area contributed by atoms with Crippen molar-refractivity contribution in [2.24, 2.45) is 0 Å². The van der Waals surface area contributed by atoms with E-state index < -0.39 is 9.84 Å². The maximum atomic E-state index is 11.3. The summed E-state index contributed by atoms with van der Waals surface area (Å²) in [5.41, 5.74) is 1.76. The summed E-state index contributed by atoms with van der Waals surface area (Å²) in [6.07, 6.45) is 2.90. The molecule has 0 unspecified atom stereocenters. The number of sulfone groups is 1. The number of nitrogens with zero attached hydrogens (tertiary/aromatic N) is 1. The second-order valence-electron chi connectivity index (χ2n) is 3.70. The molecule has 0 aliphatic heterocycles. The zero-order valence-corrected chi connectivity index (χ0v) is 10.9. The molecule has 0 spiro atoms. The zero-order chi connectivity index (χ0) is 12.5. The van der Waals surface area contributed by atoms with E-state index in [1.807, 2.05) is 0 Å². The Balaban J connectivity index is 2.35. The van der Waals surface area contributed by atoms with Crippen LogP contribution in [0.25, 0.3) is 11.3 Å². The standard InChI is InChI=1S/C11H12N2O2S2/c1-17(14,15)9-4-2-8(3-5-9)10-6-12-11(7-16)13-10/h2-6,16H,7H2,1H3,(H,12,13). The van der Waals surface area contributed by atoms with E-state index in [1.165, 1.54) is 6.26 Å². The minimum Gasteiger partial charge on any atom is -0.341 e. The number of benzene rings is 1. The smallest absolute Gasteiger partial charge is 0.175 e. The predicted octanol–water partition coefficient (Wildman–Crippen LogP) is 1.91. The number of nitrogens with one attached hydrogen (secondary N) is 1.